The number of nitrogens with two attached hydrogens (primary N) is 1. The SMILES string of the molecule is CC1(Nc2cc(F)cc(F)c2N)CCS(=O)(=O)C1. The van der Waals surface area contributed by atoms with Crippen LogP contribution in [0.1, 0.15) is 13.3 Å². The Balaban J connectivity index is 2.30. The van der Waals surface area contributed by atoms with Crippen LogP contribution in [0, 0.1) is 11.6 Å². The summed E-state index contributed by atoms with van der Waals surface area (Å²) in [6.45, 7) is 1.69. The zero-order valence-electron chi connectivity index (χ0n) is 9.83. The minimum Gasteiger partial charge on any atom is -0.395 e. The van der Waals surface area contributed by atoms with Gasteiger partial charge in [-0.1, -0.05) is 0 Å². The van der Waals surface area contributed by atoms with Crippen LogP contribution in [0.15, 0.2) is 12.1 Å². The number of hydrogen-bond acceptors (Lipinski definition) is 4. The molecule has 3 N–H and O–H groups in total. The maximum atomic E-state index is 13.3. The van der Waals surface area contributed by atoms with E-state index >= 15 is 0 Å². The Labute approximate surface area is 104 Å². The van der Waals surface area contributed by atoms with Crippen molar-refractivity contribution < 1.29 is 17.2 Å². The summed E-state index contributed by atoms with van der Waals surface area (Å²) in [4.78, 5) is 0. The van der Waals surface area contributed by atoms with Crippen molar-refractivity contribution in [3.63, 3.8) is 0 Å². The van der Waals surface area contributed by atoms with Gasteiger partial charge in [0.15, 0.2) is 15.7 Å². The van der Waals surface area contributed by atoms with Gasteiger partial charge in [0.05, 0.1) is 22.9 Å². The van der Waals surface area contributed by atoms with Gasteiger partial charge in [0, 0.05) is 11.6 Å². The molecular formula is C11H14F2N2O2S. The summed E-state index contributed by atoms with van der Waals surface area (Å²) in [5.74, 6) is -1.62. The monoisotopic (exact) mass is 276 g/mol. The number of rotatable bonds is 2. The number of benzene rings is 1. The Kier molecular flexibility index (Phi) is 2.96. The van der Waals surface area contributed by atoms with Gasteiger partial charge in [-0.25, -0.2) is 17.2 Å². The summed E-state index contributed by atoms with van der Waals surface area (Å²) in [7, 11) is -3.10. The highest BCUT2D eigenvalue weighted by Crippen LogP contribution is 2.31. The lowest BCUT2D eigenvalue weighted by molar-refractivity contribution is 0.567. The molecule has 1 fully saturated rings. The van der Waals surface area contributed by atoms with Crippen LogP contribution in [0.2, 0.25) is 0 Å². The van der Waals surface area contributed by atoms with Crippen molar-refractivity contribution >= 4 is 21.2 Å². The van der Waals surface area contributed by atoms with E-state index in [1.165, 1.54) is 0 Å². The van der Waals surface area contributed by atoms with E-state index in [1.807, 2.05) is 0 Å². The van der Waals surface area contributed by atoms with Crippen molar-refractivity contribution in [2.45, 2.75) is 18.9 Å². The fourth-order valence-corrected chi connectivity index (χ4v) is 4.22. The lowest BCUT2D eigenvalue weighted by Gasteiger charge is -2.26. The molecule has 1 saturated heterocycles. The van der Waals surface area contributed by atoms with Gasteiger partial charge in [0.2, 0.25) is 0 Å². The number of halogens is 2. The van der Waals surface area contributed by atoms with Gasteiger partial charge in [-0.3, -0.25) is 0 Å². The molecule has 1 heterocycles. The van der Waals surface area contributed by atoms with Crippen molar-refractivity contribution in [3.05, 3.63) is 23.8 Å². The van der Waals surface area contributed by atoms with Crippen molar-refractivity contribution in [2.75, 3.05) is 22.6 Å². The van der Waals surface area contributed by atoms with Crippen molar-refractivity contribution in [1.29, 1.82) is 0 Å². The average Bonchev–Trinajstić information content (AvgIpc) is 2.49. The Morgan fingerprint density at radius 2 is 2.06 bits per heavy atom. The van der Waals surface area contributed by atoms with Crippen LogP contribution in [0.25, 0.3) is 0 Å². The lowest BCUT2D eigenvalue weighted by Crippen LogP contribution is -2.36. The topological polar surface area (TPSA) is 72.2 Å². The highest BCUT2D eigenvalue weighted by Gasteiger charge is 2.38. The summed E-state index contributed by atoms with van der Waals surface area (Å²) in [5.41, 5.74) is 4.64. The first-order valence-corrected chi connectivity index (χ1v) is 7.26. The molecule has 1 aromatic carbocycles. The van der Waals surface area contributed by atoms with Gasteiger partial charge in [-0.2, -0.15) is 0 Å². The minimum absolute atomic E-state index is 0.0637. The highest BCUT2D eigenvalue weighted by atomic mass is 32.2. The van der Waals surface area contributed by atoms with Crippen LogP contribution in [-0.2, 0) is 9.84 Å². The van der Waals surface area contributed by atoms with E-state index < -0.39 is 27.0 Å². The van der Waals surface area contributed by atoms with Gasteiger partial charge in [-0.05, 0) is 19.4 Å². The molecule has 1 aliphatic rings. The van der Waals surface area contributed by atoms with E-state index in [0.29, 0.717) is 12.5 Å². The molecule has 1 unspecified atom stereocenters. The summed E-state index contributed by atoms with van der Waals surface area (Å²) >= 11 is 0. The summed E-state index contributed by atoms with van der Waals surface area (Å²) in [6, 6.07) is 1.75. The average molecular weight is 276 g/mol. The zero-order valence-corrected chi connectivity index (χ0v) is 10.7. The second-order valence-electron chi connectivity index (χ2n) is 4.88. The largest absolute Gasteiger partial charge is 0.395 e. The van der Waals surface area contributed by atoms with E-state index in [-0.39, 0.29) is 22.9 Å². The third-order valence-electron chi connectivity index (χ3n) is 3.03. The molecule has 0 bridgehead atoms. The highest BCUT2D eigenvalue weighted by molar-refractivity contribution is 7.91. The summed E-state index contributed by atoms with van der Waals surface area (Å²) in [6.07, 6.45) is 0.382. The van der Waals surface area contributed by atoms with E-state index in [9.17, 15) is 17.2 Å². The molecule has 2 rings (SSSR count). The van der Waals surface area contributed by atoms with Crippen LogP contribution in [-0.4, -0.2) is 25.5 Å². The molecule has 1 aliphatic heterocycles. The molecule has 0 spiro atoms. The molecule has 18 heavy (non-hydrogen) atoms. The number of hydrogen-bond donors (Lipinski definition) is 2. The number of anilines is 2. The Morgan fingerprint density at radius 3 is 2.61 bits per heavy atom. The fourth-order valence-electron chi connectivity index (χ4n) is 2.12. The molecule has 0 amide bonds. The van der Waals surface area contributed by atoms with E-state index in [1.54, 1.807) is 6.92 Å². The van der Waals surface area contributed by atoms with Crippen LogP contribution in [0.3, 0.4) is 0 Å². The fraction of sp³-hybridized carbons (Fsp3) is 0.455. The smallest absolute Gasteiger partial charge is 0.152 e. The standard InChI is InChI=1S/C11H14F2N2O2S/c1-11(2-3-18(16,17)6-11)15-9-5-7(12)4-8(13)10(9)14/h4-5,15H,2-3,6,14H2,1H3. The van der Waals surface area contributed by atoms with Crippen LogP contribution in [0.5, 0.6) is 0 Å². The second-order valence-corrected chi connectivity index (χ2v) is 7.06. The molecule has 0 radical (unpaired) electrons. The molecule has 100 valence electrons. The Morgan fingerprint density at radius 1 is 1.39 bits per heavy atom. The quantitative estimate of drug-likeness (QED) is 0.804. The first-order chi connectivity index (χ1) is 8.21. The molecule has 0 saturated carbocycles. The molecule has 4 nitrogen and oxygen atoms in total. The lowest BCUT2D eigenvalue weighted by atomic mass is 10.0. The zero-order chi connectivity index (χ0) is 13.6. The van der Waals surface area contributed by atoms with Crippen LogP contribution in [0.4, 0.5) is 20.2 Å². The third-order valence-corrected chi connectivity index (χ3v) is 4.94. The number of nitrogen functional groups attached to an aromatic ring is 1. The molecule has 0 aliphatic carbocycles. The number of nitrogens with one attached hydrogen (secondary N) is 1. The predicted molar refractivity (Wildman–Crippen MR) is 66.1 cm³/mol. The van der Waals surface area contributed by atoms with Gasteiger partial charge in [-0.15, -0.1) is 0 Å². The molecule has 1 atom stereocenters. The molecule has 7 heteroatoms. The first kappa shape index (κ1) is 13.1. The molecule has 0 aromatic heterocycles. The summed E-state index contributed by atoms with van der Waals surface area (Å²) in [5, 5.41) is 2.84. The van der Waals surface area contributed by atoms with Gasteiger partial charge >= 0.3 is 0 Å². The third kappa shape index (κ3) is 2.55. The van der Waals surface area contributed by atoms with Gasteiger partial charge in [0.1, 0.15) is 5.82 Å². The molecular weight excluding hydrogens is 262 g/mol. The van der Waals surface area contributed by atoms with E-state index in [4.69, 9.17) is 5.73 Å². The summed E-state index contributed by atoms with van der Waals surface area (Å²) < 4.78 is 49.2. The van der Waals surface area contributed by atoms with Gasteiger partial charge in [0.25, 0.3) is 0 Å². The van der Waals surface area contributed by atoms with Crippen LogP contribution >= 0.6 is 0 Å². The second kappa shape index (κ2) is 4.08. The van der Waals surface area contributed by atoms with Crippen LogP contribution < -0.4 is 11.1 Å². The Bertz CT molecular complexity index is 589. The minimum atomic E-state index is -3.10. The predicted octanol–water partition coefficient (Wildman–Crippen LogP) is 1.54. The van der Waals surface area contributed by atoms with Crippen molar-refractivity contribution in [2.24, 2.45) is 0 Å². The molecule has 1 aromatic rings. The normalized spacial score (nSPS) is 26.2. The van der Waals surface area contributed by atoms with Crippen molar-refractivity contribution in [3.8, 4) is 0 Å². The van der Waals surface area contributed by atoms with Crippen molar-refractivity contribution in [1.82, 2.24) is 0 Å². The first-order valence-electron chi connectivity index (χ1n) is 5.44. The van der Waals surface area contributed by atoms with E-state index in [2.05, 4.69) is 5.32 Å². The maximum absolute atomic E-state index is 13.3. The number of sulfone groups is 1. The Hall–Kier alpha value is -1.37. The van der Waals surface area contributed by atoms with E-state index in [0.717, 1.165) is 6.07 Å². The maximum Gasteiger partial charge on any atom is 0.152 e. The van der Waals surface area contributed by atoms with Gasteiger partial charge < -0.3 is 11.1 Å².